The second-order valence-corrected chi connectivity index (χ2v) is 4.47. The van der Waals surface area contributed by atoms with Crippen molar-refractivity contribution in [3.8, 4) is 0 Å². The number of nitro benzene ring substituents is 1. The van der Waals surface area contributed by atoms with E-state index in [-0.39, 0.29) is 18.1 Å². The van der Waals surface area contributed by atoms with Gasteiger partial charge in [-0.3, -0.25) is 15.0 Å². The summed E-state index contributed by atoms with van der Waals surface area (Å²) in [6.07, 6.45) is 0. The Kier molecular flexibility index (Phi) is 5.81. The fourth-order valence-electron chi connectivity index (χ4n) is 1.91. The van der Waals surface area contributed by atoms with Crippen molar-refractivity contribution in [3.63, 3.8) is 0 Å². The third-order valence-corrected chi connectivity index (χ3v) is 3.21. The Morgan fingerprint density at radius 3 is 2.67 bits per heavy atom. The van der Waals surface area contributed by atoms with Crippen molar-refractivity contribution in [3.05, 3.63) is 38.9 Å². The molecular weight excluding hydrogens is 277 g/mol. The minimum Gasteiger partial charge on any atom is -0.314 e. The number of nitro groups is 1. The Labute approximate surface area is 117 Å². The van der Waals surface area contributed by atoms with Gasteiger partial charge in [0.15, 0.2) is 0 Å². The second kappa shape index (κ2) is 6.89. The summed E-state index contributed by atoms with van der Waals surface area (Å²) >= 11 is 6.06. The molecule has 1 heterocycles. The van der Waals surface area contributed by atoms with E-state index in [0.717, 1.165) is 31.7 Å². The quantitative estimate of drug-likeness (QED) is 0.684. The molecule has 1 aliphatic heterocycles. The van der Waals surface area contributed by atoms with Gasteiger partial charge in [0.25, 0.3) is 5.69 Å². The van der Waals surface area contributed by atoms with Crippen LogP contribution in [0.4, 0.5) is 5.69 Å². The van der Waals surface area contributed by atoms with Crippen LogP contribution in [0.15, 0.2) is 18.2 Å². The normalized spacial score (nSPS) is 16.1. The van der Waals surface area contributed by atoms with Crippen LogP contribution in [0, 0.1) is 10.1 Å². The van der Waals surface area contributed by atoms with Crippen LogP contribution in [0.1, 0.15) is 5.56 Å². The Morgan fingerprint density at radius 2 is 2.06 bits per heavy atom. The maximum absolute atomic E-state index is 10.7. The number of nitrogens with one attached hydrogen (secondary N) is 1. The van der Waals surface area contributed by atoms with Crippen molar-refractivity contribution in [2.24, 2.45) is 0 Å². The molecule has 0 spiro atoms. The lowest BCUT2D eigenvalue weighted by Crippen LogP contribution is -2.42. The molecule has 100 valence electrons. The summed E-state index contributed by atoms with van der Waals surface area (Å²) in [4.78, 5) is 12.5. The smallest absolute Gasteiger partial charge is 0.269 e. The molecule has 7 heteroatoms. The summed E-state index contributed by atoms with van der Waals surface area (Å²) in [6.45, 7) is 4.46. The van der Waals surface area contributed by atoms with Crippen molar-refractivity contribution in [1.29, 1.82) is 0 Å². The molecule has 1 N–H and O–H groups in total. The van der Waals surface area contributed by atoms with Gasteiger partial charge in [0.05, 0.1) is 4.92 Å². The third kappa shape index (κ3) is 3.81. The minimum atomic E-state index is -0.391. The van der Waals surface area contributed by atoms with Crippen LogP contribution >= 0.6 is 24.0 Å². The van der Waals surface area contributed by atoms with Crippen LogP contribution in [0.5, 0.6) is 0 Å². The molecule has 1 aromatic carbocycles. The van der Waals surface area contributed by atoms with Crippen molar-refractivity contribution in [2.75, 3.05) is 26.2 Å². The van der Waals surface area contributed by atoms with Gasteiger partial charge in [0.2, 0.25) is 0 Å². The number of nitrogens with zero attached hydrogens (tertiary/aromatic N) is 2. The molecule has 0 amide bonds. The van der Waals surface area contributed by atoms with Gasteiger partial charge >= 0.3 is 0 Å². The molecule has 0 atom stereocenters. The van der Waals surface area contributed by atoms with E-state index in [1.54, 1.807) is 12.1 Å². The Morgan fingerprint density at radius 1 is 1.39 bits per heavy atom. The predicted molar refractivity (Wildman–Crippen MR) is 73.5 cm³/mol. The van der Waals surface area contributed by atoms with Crippen molar-refractivity contribution in [1.82, 2.24) is 10.2 Å². The summed E-state index contributed by atoms with van der Waals surface area (Å²) in [5.41, 5.74) is 0.919. The number of non-ortho nitro benzene ring substituents is 1. The van der Waals surface area contributed by atoms with Crippen molar-refractivity contribution in [2.45, 2.75) is 6.54 Å². The van der Waals surface area contributed by atoms with E-state index < -0.39 is 4.92 Å². The molecule has 0 aromatic heterocycles. The number of benzene rings is 1. The molecule has 2 rings (SSSR count). The van der Waals surface area contributed by atoms with E-state index in [1.165, 1.54) is 6.07 Å². The monoisotopic (exact) mass is 291 g/mol. The molecule has 0 aliphatic carbocycles. The first-order valence-electron chi connectivity index (χ1n) is 5.53. The standard InChI is InChI=1S/C11H14ClN3O2.ClH/c12-11-2-1-10(15(16)17)7-9(11)8-14-5-3-13-4-6-14;/h1-2,7,13H,3-6,8H2;1H. The molecule has 5 nitrogen and oxygen atoms in total. The lowest BCUT2D eigenvalue weighted by atomic mass is 10.2. The van der Waals surface area contributed by atoms with Crippen molar-refractivity contribution < 1.29 is 4.92 Å². The highest BCUT2D eigenvalue weighted by atomic mass is 35.5. The maximum Gasteiger partial charge on any atom is 0.269 e. The van der Waals surface area contributed by atoms with Gasteiger partial charge in [0.1, 0.15) is 0 Å². The van der Waals surface area contributed by atoms with Gasteiger partial charge in [-0.25, -0.2) is 0 Å². The van der Waals surface area contributed by atoms with Crippen LogP contribution in [-0.4, -0.2) is 36.0 Å². The fraction of sp³-hybridized carbons (Fsp3) is 0.455. The first kappa shape index (κ1) is 15.2. The zero-order chi connectivity index (χ0) is 12.3. The zero-order valence-electron chi connectivity index (χ0n) is 9.76. The molecule has 18 heavy (non-hydrogen) atoms. The average molecular weight is 292 g/mol. The molecule has 0 bridgehead atoms. The first-order valence-corrected chi connectivity index (χ1v) is 5.90. The van der Waals surface area contributed by atoms with E-state index in [4.69, 9.17) is 11.6 Å². The topological polar surface area (TPSA) is 58.4 Å². The molecule has 1 aromatic rings. The summed E-state index contributed by atoms with van der Waals surface area (Å²) in [7, 11) is 0. The van der Waals surface area contributed by atoms with Gasteiger partial charge in [-0.1, -0.05) is 11.6 Å². The van der Waals surface area contributed by atoms with E-state index in [9.17, 15) is 10.1 Å². The Balaban J connectivity index is 0.00000162. The second-order valence-electron chi connectivity index (χ2n) is 4.06. The number of piperazine rings is 1. The summed E-state index contributed by atoms with van der Waals surface area (Å²) in [6, 6.07) is 4.59. The fourth-order valence-corrected chi connectivity index (χ4v) is 2.08. The molecule has 0 saturated carbocycles. The van der Waals surface area contributed by atoms with Crippen molar-refractivity contribution >= 4 is 29.7 Å². The molecular formula is C11H15Cl2N3O2. The molecule has 1 aliphatic rings. The lowest BCUT2D eigenvalue weighted by Gasteiger charge is -2.27. The van der Waals surface area contributed by atoms with E-state index in [1.807, 2.05) is 0 Å². The lowest BCUT2D eigenvalue weighted by molar-refractivity contribution is -0.384. The van der Waals surface area contributed by atoms with E-state index in [0.29, 0.717) is 11.6 Å². The molecule has 1 fully saturated rings. The van der Waals surface area contributed by atoms with Crippen LogP contribution in [-0.2, 0) is 6.54 Å². The SMILES string of the molecule is Cl.O=[N+]([O-])c1ccc(Cl)c(CN2CCNCC2)c1. The number of rotatable bonds is 3. The highest BCUT2D eigenvalue weighted by molar-refractivity contribution is 6.31. The number of halogens is 2. The van der Waals surface area contributed by atoms with E-state index in [2.05, 4.69) is 10.2 Å². The summed E-state index contributed by atoms with van der Waals surface area (Å²) in [5.74, 6) is 0. The van der Waals surface area contributed by atoms with Gasteiger partial charge < -0.3 is 5.32 Å². The van der Waals surface area contributed by atoms with Crippen LogP contribution in [0.2, 0.25) is 5.02 Å². The highest BCUT2D eigenvalue weighted by Gasteiger charge is 2.14. The predicted octanol–water partition coefficient (Wildman–Crippen LogP) is 2.08. The van der Waals surface area contributed by atoms with Gasteiger partial charge in [-0.2, -0.15) is 0 Å². The average Bonchev–Trinajstić information content (AvgIpc) is 2.33. The Hall–Kier alpha value is -0.880. The molecule has 0 radical (unpaired) electrons. The summed E-state index contributed by atoms with van der Waals surface area (Å²) in [5, 5.41) is 14.5. The Bertz CT molecular complexity index is 423. The summed E-state index contributed by atoms with van der Waals surface area (Å²) < 4.78 is 0. The number of hydrogen-bond donors (Lipinski definition) is 1. The maximum atomic E-state index is 10.7. The van der Waals surface area contributed by atoms with E-state index >= 15 is 0 Å². The van der Waals surface area contributed by atoms with Gasteiger partial charge in [-0.15, -0.1) is 12.4 Å². The molecule has 0 unspecified atom stereocenters. The minimum absolute atomic E-state index is 0. The van der Waals surface area contributed by atoms with Crippen LogP contribution in [0.3, 0.4) is 0 Å². The van der Waals surface area contributed by atoms with Gasteiger partial charge in [0, 0.05) is 49.9 Å². The third-order valence-electron chi connectivity index (χ3n) is 2.84. The number of hydrogen-bond acceptors (Lipinski definition) is 4. The molecule has 1 saturated heterocycles. The first-order chi connectivity index (χ1) is 8.16. The largest absolute Gasteiger partial charge is 0.314 e. The van der Waals surface area contributed by atoms with Gasteiger partial charge in [-0.05, 0) is 11.6 Å². The highest BCUT2D eigenvalue weighted by Crippen LogP contribution is 2.23. The van der Waals surface area contributed by atoms with Crippen LogP contribution < -0.4 is 5.32 Å². The zero-order valence-corrected chi connectivity index (χ0v) is 11.3. The van der Waals surface area contributed by atoms with Crippen LogP contribution in [0.25, 0.3) is 0 Å².